The summed E-state index contributed by atoms with van der Waals surface area (Å²) in [5.41, 5.74) is 5.76. The third kappa shape index (κ3) is 2.68. The molecular formula is C25H24O. The Morgan fingerprint density at radius 2 is 1.35 bits per heavy atom. The zero-order valence-corrected chi connectivity index (χ0v) is 14.9. The van der Waals surface area contributed by atoms with Crippen LogP contribution in [0.1, 0.15) is 40.7 Å². The van der Waals surface area contributed by atoms with E-state index in [-0.39, 0.29) is 6.10 Å². The first-order chi connectivity index (χ1) is 12.9. The predicted octanol–water partition coefficient (Wildman–Crippen LogP) is 5.77. The topological polar surface area (TPSA) is 9.23 Å². The molecule has 0 unspecified atom stereocenters. The van der Waals surface area contributed by atoms with E-state index in [9.17, 15) is 0 Å². The number of fused-ring (bicyclic) bond motifs is 2. The lowest BCUT2D eigenvalue weighted by atomic mass is 9.62. The second kappa shape index (κ2) is 6.74. The van der Waals surface area contributed by atoms with Crippen LogP contribution in [0.25, 0.3) is 0 Å². The molecule has 1 aliphatic carbocycles. The minimum Gasteiger partial charge on any atom is -0.373 e. The molecule has 1 fully saturated rings. The standard InChI is InChI=1S/C25H24O/c1-3-9-18(10-4-1)23-22-14-8-7-13-20(22)17-21-15-16-26-25(24(21)23)19-11-5-2-6-12-19/h1-14,21,23-25H,15-17H2/t21-,23+,24+,25+/m0/s1. The van der Waals surface area contributed by atoms with Crippen molar-refractivity contribution in [3.63, 3.8) is 0 Å². The summed E-state index contributed by atoms with van der Waals surface area (Å²) in [7, 11) is 0. The molecule has 0 N–H and O–H groups in total. The molecule has 0 amide bonds. The van der Waals surface area contributed by atoms with Crippen LogP contribution in [0.15, 0.2) is 84.9 Å². The van der Waals surface area contributed by atoms with Crippen molar-refractivity contribution >= 4 is 0 Å². The molecule has 0 spiro atoms. The van der Waals surface area contributed by atoms with Gasteiger partial charge in [-0.1, -0.05) is 84.9 Å². The summed E-state index contributed by atoms with van der Waals surface area (Å²) in [4.78, 5) is 0. The highest BCUT2D eigenvalue weighted by Gasteiger charge is 2.44. The molecule has 26 heavy (non-hydrogen) atoms. The number of benzene rings is 3. The van der Waals surface area contributed by atoms with Gasteiger partial charge < -0.3 is 4.74 Å². The Morgan fingerprint density at radius 1 is 0.692 bits per heavy atom. The molecule has 1 aliphatic heterocycles. The molecule has 0 radical (unpaired) electrons. The highest BCUT2D eigenvalue weighted by Crippen LogP contribution is 2.52. The predicted molar refractivity (Wildman–Crippen MR) is 105 cm³/mol. The maximum atomic E-state index is 6.40. The maximum Gasteiger partial charge on any atom is 0.0864 e. The molecule has 5 rings (SSSR count). The summed E-state index contributed by atoms with van der Waals surface area (Å²) >= 11 is 0. The van der Waals surface area contributed by atoms with Crippen molar-refractivity contribution in [3.8, 4) is 0 Å². The zero-order valence-electron chi connectivity index (χ0n) is 14.9. The first-order valence-corrected chi connectivity index (χ1v) is 9.71. The molecule has 3 aromatic rings. The van der Waals surface area contributed by atoms with Crippen molar-refractivity contribution in [1.82, 2.24) is 0 Å². The van der Waals surface area contributed by atoms with Crippen molar-refractivity contribution in [3.05, 3.63) is 107 Å². The van der Waals surface area contributed by atoms with Gasteiger partial charge in [0.25, 0.3) is 0 Å². The van der Waals surface area contributed by atoms with Crippen LogP contribution < -0.4 is 0 Å². The van der Waals surface area contributed by atoms with Crippen LogP contribution in [0.3, 0.4) is 0 Å². The van der Waals surface area contributed by atoms with Gasteiger partial charge in [-0.05, 0) is 41.0 Å². The van der Waals surface area contributed by atoms with E-state index in [1.807, 2.05) is 0 Å². The van der Waals surface area contributed by atoms with Gasteiger partial charge in [0.05, 0.1) is 6.10 Å². The minimum absolute atomic E-state index is 0.175. The van der Waals surface area contributed by atoms with Gasteiger partial charge >= 0.3 is 0 Å². The average molecular weight is 340 g/mol. The van der Waals surface area contributed by atoms with Crippen molar-refractivity contribution < 1.29 is 4.74 Å². The summed E-state index contributed by atoms with van der Waals surface area (Å²) in [6.07, 6.45) is 2.51. The van der Waals surface area contributed by atoms with Crippen LogP contribution >= 0.6 is 0 Å². The van der Waals surface area contributed by atoms with E-state index >= 15 is 0 Å². The van der Waals surface area contributed by atoms with Crippen molar-refractivity contribution in [1.29, 1.82) is 0 Å². The summed E-state index contributed by atoms with van der Waals surface area (Å²) in [5.74, 6) is 1.56. The fourth-order valence-corrected chi connectivity index (χ4v) is 5.12. The van der Waals surface area contributed by atoms with Gasteiger partial charge in [0.15, 0.2) is 0 Å². The molecule has 0 saturated carbocycles. The lowest BCUT2D eigenvalue weighted by Gasteiger charge is -2.47. The smallest absolute Gasteiger partial charge is 0.0864 e. The van der Waals surface area contributed by atoms with E-state index < -0.39 is 0 Å². The molecule has 0 aromatic heterocycles. The Morgan fingerprint density at radius 3 is 2.12 bits per heavy atom. The molecule has 0 bridgehead atoms. The molecule has 1 heterocycles. The van der Waals surface area contributed by atoms with Gasteiger partial charge in [0, 0.05) is 18.4 Å². The first-order valence-electron chi connectivity index (χ1n) is 9.71. The van der Waals surface area contributed by atoms with Crippen LogP contribution in [-0.4, -0.2) is 6.61 Å². The first kappa shape index (κ1) is 15.8. The van der Waals surface area contributed by atoms with E-state index in [1.165, 1.54) is 28.7 Å². The van der Waals surface area contributed by atoms with Gasteiger partial charge in [-0.2, -0.15) is 0 Å². The van der Waals surface area contributed by atoms with Gasteiger partial charge in [0.1, 0.15) is 0 Å². The third-order valence-corrected chi connectivity index (χ3v) is 6.22. The monoisotopic (exact) mass is 340 g/mol. The number of hydrogen-bond donors (Lipinski definition) is 0. The van der Waals surface area contributed by atoms with E-state index in [0.29, 0.717) is 17.8 Å². The lowest BCUT2D eigenvalue weighted by Crippen LogP contribution is -2.39. The SMILES string of the molecule is c1ccc([C@@H]2c3ccccc3C[C@@H]3CCO[C@H](c4ccccc4)[C@H]32)cc1. The summed E-state index contributed by atoms with van der Waals surface area (Å²) in [6.45, 7) is 0.865. The average Bonchev–Trinajstić information content (AvgIpc) is 2.73. The van der Waals surface area contributed by atoms with Gasteiger partial charge in [-0.15, -0.1) is 0 Å². The number of hydrogen-bond acceptors (Lipinski definition) is 1. The fraction of sp³-hybridized carbons (Fsp3) is 0.280. The van der Waals surface area contributed by atoms with Crippen LogP contribution in [0.5, 0.6) is 0 Å². The van der Waals surface area contributed by atoms with Gasteiger partial charge in [0.2, 0.25) is 0 Å². The molecule has 130 valence electrons. The Balaban J connectivity index is 1.66. The minimum atomic E-state index is 0.175. The van der Waals surface area contributed by atoms with Crippen LogP contribution in [0, 0.1) is 11.8 Å². The summed E-state index contributed by atoms with van der Waals surface area (Å²) in [5, 5.41) is 0. The number of ether oxygens (including phenoxy) is 1. The number of rotatable bonds is 2. The molecule has 4 atom stereocenters. The highest BCUT2D eigenvalue weighted by atomic mass is 16.5. The molecule has 2 aliphatic rings. The Hall–Kier alpha value is -2.38. The van der Waals surface area contributed by atoms with E-state index in [2.05, 4.69) is 84.9 Å². The Bertz CT molecular complexity index is 871. The van der Waals surface area contributed by atoms with E-state index in [0.717, 1.165) is 13.0 Å². The molecular weight excluding hydrogens is 316 g/mol. The third-order valence-electron chi connectivity index (χ3n) is 6.22. The van der Waals surface area contributed by atoms with Gasteiger partial charge in [-0.25, -0.2) is 0 Å². The second-order valence-corrected chi connectivity index (χ2v) is 7.62. The summed E-state index contributed by atoms with van der Waals surface area (Å²) in [6, 6.07) is 30.9. The fourth-order valence-electron chi connectivity index (χ4n) is 5.12. The second-order valence-electron chi connectivity index (χ2n) is 7.62. The molecule has 1 saturated heterocycles. The van der Waals surface area contributed by atoms with Crippen LogP contribution in [0.4, 0.5) is 0 Å². The quantitative estimate of drug-likeness (QED) is 0.575. The Labute approximate surface area is 155 Å². The molecule has 1 heteroatoms. The lowest BCUT2D eigenvalue weighted by molar-refractivity contribution is -0.0685. The zero-order chi connectivity index (χ0) is 17.3. The van der Waals surface area contributed by atoms with Crippen molar-refractivity contribution in [2.75, 3.05) is 6.61 Å². The van der Waals surface area contributed by atoms with Gasteiger partial charge in [-0.3, -0.25) is 0 Å². The largest absolute Gasteiger partial charge is 0.373 e. The van der Waals surface area contributed by atoms with Crippen molar-refractivity contribution in [2.45, 2.75) is 24.9 Å². The van der Waals surface area contributed by atoms with Crippen LogP contribution in [-0.2, 0) is 11.2 Å². The molecule has 3 aromatic carbocycles. The highest BCUT2D eigenvalue weighted by molar-refractivity contribution is 5.43. The summed E-state index contributed by atoms with van der Waals surface area (Å²) < 4.78 is 6.40. The normalized spacial score (nSPS) is 27.4. The van der Waals surface area contributed by atoms with Crippen LogP contribution in [0.2, 0.25) is 0 Å². The van der Waals surface area contributed by atoms with E-state index in [1.54, 1.807) is 0 Å². The van der Waals surface area contributed by atoms with Crippen molar-refractivity contribution in [2.24, 2.45) is 11.8 Å². The Kier molecular flexibility index (Phi) is 4.10. The maximum absolute atomic E-state index is 6.40. The van der Waals surface area contributed by atoms with E-state index in [4.69, 9.17) is 4.74 Å². The molecule has 1 nitrogen and oxygen atoms in total.